The fourth-order valence-corrected chi connectivity index (χ4v) is 3.68. The first-order chi connectivity index (χ1) is 13.2. The molecule has 0 spiro atoms. The van der Waals surface area contributed by atoms with Crippen molar-refractivity contribution in [1.29, 1.82) is 0 Å². The molecule has 1 unspecified atom stereocenters. The third-order valence-electron chi connectivity index (χ3n) is 5.08. The fourth-order valence-electron chi connectivity index (χ4n) is 3.68. The van der Waals surface area contributed by atoms with Crippen LogP contribution in [0.1, 0.15) is 25.2 Å². The summed E-state index contributed by atoms with van der Waals surface area (Å²) < 4.78 is 10.4. The second kappa shape index (κ2) is 9.20. The molecule has 0 bridgehead atoms. The van der Waals surface area contributed by atoms with Gasteiger partial charge in [-0.3, -0.25) is 9.59 Å². The molecule has 2 aromatic rings. The van der Waals surface area contributed by atoms with Crippen molar-refractivity contribution in [2.75, 3.05) is 32.7 Å². The highest BCUT2D eigenvalue weighted by molar-refractivity contribution is 5.85. The molecule has 1 N–H and O–H groups in total. The topological polar surface area (TPSA) is 105 Å². The quantitative estimate of drug-likeness (QED) is 0.788. The summed E-state index contributed by atoms with van der Waals surface area (Å²) in [5, 5.41) is 6.96. The van der Waals surface area contributed by atoms with E-state index < -0.39 is 0 Å². The van der Waals surface area contributed by atoms with Crippen LogP contribution >= 0.6 is 12.4 Å². The highest BCUT2D eigenvalue weighted by atomic mass is 35.5. The van der Waals surface area contributed by atoms with Crippen molar-refractivity contribution in [3.63, 3.8) is 0 Å². The standard InChI is InChI=1S/C18H23N5O4.ClH/c24-16(6-5-15-20-18(21-27-15)14-4-2-10-26-14)22-8-1-3-13(12-22)23-9-7-19-11-17(23)25;/h2,4,10,13,19H,1,3,5-9,11-12H2;1H. The monoisotopic (exact) mass is 409 g/mol. The van der Waals surface area contributed by atoms with Crippen LogP contribution in [0.4, 0.5) is 0 Å². The first-order valence-electron chi connectivity index (χ1n) is 9.35. The average Bonchev–Trinajstić information content (AvgIpc) is 3.38. The molecule has 0 saturated carbocycles. The van der Waals surface area contributed by atoms with Gasteiger partial charge in [0.25, 0.3) is 0 Å². The van der Waals surface area contributed by atoms with Crippen molar-refractivity contribution >= 4 is 24.2 Å². The zero-order valence-electron chi connectivity index (χ0n) is 15.5. The molecule has 152 valence electrons. The maximum Gasteiger partial charge on any atom is 0.238 e. The molecular formula is C18H24ClN5O4. The number of aryl methyl sites for hydroxylation is 1. The Morgan fingerprint density at radius 3 is 3.04 bits per heavy atom. The summed E-state index contributed by atoms with van der Waals surface area (Å²) >= 11 is 0. The Balaban J connectivity index is 0.00000225. The number of likely N-dealkylation sites (tertiary alicyclic amines) is 1. The molecule has 4 heterocycles. The van der Waals surface area contributed by atoms with Crippen LogP contribution in [0.2, 0.25) is 0 Å². The van der Waals surface area contributed by atoms with E-state index in [9.17, 15) is 9.59 Å². The van der Waals surface area contributed by atoms with Crippen LogP contribution in [0.15, 0.2) is 27.3 Å². The van der Waals surface area contributed by atoms with E-state index in [0.717, 1.165) is 25.9 Å². The van der Waals surface area contributed by atoms with Crippen LogP contribution < -0.4 is 5.32 Å². The number of hydrogen-bond donors (Lipinski definition) is 1. The molecule has 0 aromatic carbocycles. The number of nitrogens with zero attached hydrogens (tertiary/aromatic N) is 4. The normalized spacial score (nSPS) is 20.1. The van der Waals surface area contributed by atoms with E-state index in [4.69, 9.17) is 8.94 Å². The van der Waals surface area contributed by atoms with Crippen molar-refractivity contribution in [3.05, 3.63) is 24.3 Å². The van der Waals surface area contributed by atoms with Gasteiger partial charge in [-0.15, -0.1) is 12.4 Å². The molecule has 2 saturated heterocycles. The largest absolute Gasteiger partial charge is 0.461 e. The van der Waals surface area contributed by atoms with Gasteiger partial charge in [0.05, 0.1) is 12.8 Å². The van der Waals surface area contributed by atoms with Crippen molar-refractivity contribution in [2.24, 2.45) is 0 Å². The Labute approximate surface area is 168 Å². The predicted octanol–water partition coefficient (Wildman–Crippen LogP) is 1.11. The van der Waals surface area contributed by atoms with Gasteiger partial charge in [-0.25, -0.2) is 0 Å². The van der Waals surface area contributed by atoms with E-state index in [1.165, 1.54) is 0 Å². The molecule has 2 aromatic heterocycles. The minimum atomic E-state index is 0. The minimum absolute atomic E-state index is 0. The van der Waals surface area contributed by atoms with Gasteiger partial charge in [-0.05, 0) is 25.0 Å². The molecule has 2 fully saturated rings. The first-order valence-corrected chi connectivity index (χ1v) is 9.35. The van der Waals surface area contributed by atoms with Gasteiger partial charge in [-0.2, -0.15) is 4.98 Å². The number of piperidine rings is 1. The number of carbonyl (C=O) groups is 2. The Bertz CT molecular complexity index is 794. The lowest BCUT2D eigenvalue weighted by molar-refractivity contribution is -0.140. The maximum absolute atomic E-state index is 12.6. The lowest BCUT2D eigenvalue weighted by atomic mass is 10.0. The molecule has 2 aliphatic rings. The van der Waals surface area contributed by atoms with Gasteiger partial charge < -0.3 is 24.1 Å². The van der Waals surface area contributed by atoms with Crippen LogP contribution in [0, 0.1) is 0 Å². The third kappa shape index (κ3) is 4.53. The summed E-state index contributed by atoms with van der Waals surface area (Å²) in [6.45, 7) is 3.25. The molecule has 2 aliphatic heterocycles. The molecule has 1 atom stereocenters. The van der Waals surface area contributed by atoms with Gasteiger partial charge in [0.15, 0.2) is 5.76 Å². The highest BCUT2D eigenvalue weighted by Crippen LogP contribution is 2.19. The van der Waals surface area contributed by atoms with E-state index in [-0.39, 0.29) is 30.3 Å². The Morgan fingerprint density at radius 1 is 1.36 bits per heavy atom. The SMILES string of the molecule is Cl.O=C(CCc1nc(-c2ccco2)no1)N1CCCC(N2CCNCC2=O)C1. The average molecular weight is 410 g/mol. The number of amides is 2. The summed E-state index contributed by atoms with van der Waals surface area (Å²) in [6.07, 6.45) is 4.11. The number of carbonyl (C=O) groups excluding carboxylic acids is 2. The number of aromatic nitrogens is 2. The van der Waals surface area contributed by atoms with E-state index in [0.29, 0.717) is 50.0 Å². The number of furan rings is 1. The summed E-state index contributed by atoms with van der Waals surface area (Å²) in [5.41, 5.74) is 0. The van der Waals surface area contributed by atoms with Crippen molar-refractivity contribution in [3.8, 4) is 11.6 Å². The number of hydrogen-bond acceptors (Lipinski definition) is 7. The van der Waals surface area contributed by atoms with Crippen LogP contribution in [0.3, 0.4) is 0 Å². The van der Waals surface area contributed by atoms with Crippen molar-refractivity contribution in [2.45, 2.75) is 31.7 Å². The molecule has 0 aliphatic carbocycles. The molecule has 28 heavy (non-hydrogen) atoms. The van der Waals surface area contributed by atoms with E-state index in [1.54, 1.807) is 18.4 Å². The zero-order chi connectivity index (χ0) is 18.6. The van der Waals surface area contributed by atoms with Gasteiger partial charge in [0.1, 0.15) is 0 Å². The Morgan fingerprint density at radius 2 is 2.25 bits per heavy atom. The number of rotatable bonds is 5. The second-order valence-electron chi connectivity index (χ2n) is 6.89. The Kier molecular flexibility index (Phi) is 6.69. The third-order valence-corrected chi connectivity index (χ3v) is 5.08. The maximum atomic E-state index is 12.6. The van der Waals surface area contributed by atoms with Gasteiger partial charge in [-0.1, -0.05) is 5.16 Å². The molecule has 2 amide bonds. The summed E-state index contributed by atoms with van der Waals surface area (Å²) in [6, 6.07) is 3.63. The molecule has 0 radical (unpaired) electrons. The van der Waals surface area contributed by atoms with Crippen LogP contribution in [0.25, 0.3) is 11.6 Å². The molecule has 10 heteroatoms. The minimum Gasteiger partial charge on any atom is -0.461 e. The van der Waals surface area contributed by atoms with Crippen LogP contribution in [0.5, 0.6) is 0 Å². The van der Waals surface area contributed by atoms with E-state index in [2.05, 4.69) is 15.5 Å². The first kappa shape index (κ1) is 20.3. The van der Waals surface area contributed by atoms with Gasteiger partial charge in [0.2, 0.25) is 23.5 Å². The van der Waals surface area contributed by atoms with Crippen molar-refractivity contribution in [1.82, 2.24) is 25.3 Å². The predicted molar refractivity (Wildman–Crippen MR) is 102 cm³/mol. The zero-order valence-corrected chi connectivity index (χ0v) is 16.3. The fraction of sp³-hybridized carbons (Fsp3) is 0.556. The van der Waals surface area contributed by atoms with Crippen molar-refractivity contribution < 1.29 is 18.5 Å². The van der Waals surface area contributed by atoms with Crippen LogP contribution in [-0.4, -0.2) is 70.5 Å². The lowest BCUT2D eigenvalue weighted by Gasteiger charge is -2.41. The summed E-state index contributed by atoms with van der Waals surface area (Å²) in [5.74, 6) is 1.52. The highest BCUT2D eigenvalue weighted by Gasteiger charge is 2.31. The number of halogens is 1. The molecular weight excluding hydrogens is 386 g/mol. The smallest absolute Gasteiger partial charge is 0.238 e. The van der Waals surface area contributed by atoms with Gasteiger partial charge in [0, 0.05) is 45.1 Å². The van der Waals surface area contributed by atoms with E-state index >= 15 is 0 Å². The van der Waals surface area contributed by atoms with Crippen LogP contribution in [-0.2, 0) is 16.0 Å². The van der Waals surface area contributed by atoms with E-state index in [1.807, 2.05) is 9.80 Å². The molecule has 4 rings (SSSR count). The molecule has 9 nitrogen and oxygen atoms in total. The Hall–Kier alpha value is -2.39. The second-order valence-corrected chi connectivity index (χ2v) is 6.89. The number of piperazine rings is 1. The number of nitrogens with one attached hydrogen (secondary N) is 1. The summed E-state index contributed by atoms with van der Waals surface area (Å²) in [7, 11) is 0. The lowest BCUT2D eigenvalue weighted by Crippen LogP contribution is -2.57. The summed E-state index contributed by atoms with van der Waals surface area (Å²) in [4.78, 5) is 32.8. The van der Waals surface area contributed by atoms with Gasteiger partial charge >= 0.3 is 0 Å².